The van der Waals surface area contributed by atoms with Gasteiger partial charge >= 0.3 is 0 Å². The molecule has 1 unspecified atom stereocenters. The molecule has 0 aromatic heterocycles. The normalized spacial score (nSPS) is 22.6. The Balaban J connectivity index is 0.00000220. The Morgan fingerprint density at radius 2 is 2.00 bits per heavy atom. The van der Waals surface area contributed by atoms with Gasteiger partial charge in [0.15, 0.2) is 0 Å². The monoisotopic (exact) mass is 336 g/mol. The molecule has 7 heteroatoms. The molecular weight excluding hydrogens is 315 g/mol. The lowest BCUT2D eigenvalue weighted by Gasteiger charge is -2.41. The van der Waals surface area contributed by atoms with Crippen molar-refractivity contribution in [2.24, 2.45) is 11.1 Å². The molecule has 1 heterocycles. The molecule has 1 atom stereocenters. The summed E-state index contributed by atoms with van der Waals surface area (Å²) in [5, 5.41) is 0. The molecule has 2 rings (SSSR count). The number of nitrogens with zero attached hydrogens (tertiary/aromatic N) is 1. The van der Waals surface area contributed by atoms with Gasteiger partial charge in [0.05, 0.1) is 4.90 Å². The SMILES string of the molecule is Cc1ccc(S(=O)(=O)N2CCC(N)C(C)(C)C2)cc1F.Cl. The van der Waals surface area contributed by atoms with Crippen molar-refractivity contribution >= 4 is 22.4 Å². The first-order valence-corrected chi connectivity index (χ1v) is 8.10. The number of halogens is 2. The molecule has 0 saturated carbocycles. The molecule has 120 valence electrons. The molecule has 1 aromatic rings. The van der Waals surface area contributed by atoms with Crippen molar-refractivity contribution in [2.75, 3.05) is 13.1 Å². The van der Waals surface area contributed by atoms with E-state index in [0.29, 0.717) is 25.1 Å². The summed E-state index contributed by atoms with van der Waals surface area (Å²) in [6, 6.07) is 4.01. The fourth-order valence-corrected chi connectivity index (χ4v) is 4.05. The second-order valence-electron chi connectivity index (χ2n) is 6.13. The molecule has 1 aliphatic rings. The van der Waals surface area contributed by atoms with Gasteiger partial charge in [-0.2, -0.15) is 4.31 Å². The summed E-state index contributed by atoms with van der Waals surface area (Å²) in [6.45, 7) is 6.24. The van der Waals surface area contributed by atoms with Crippen molar-refractivity contribution in [1.82, 2.24) is 4.31 Å². The zero-order valence-corrected chi connectivity index (χ0v) is 14.1. The summed E-state index contributed by atoms with van der Waals surface area (Å²) >= 11 is 0. The van der Waals surface area contributed by atoms with E-state index >= 15 is 0 Å². The largest absolute Gasteiger partial charge is 0.327 e. The van der Waals surface area contributed by atoms with Gasteiger partial charge in [0.1, 0.15) is 5.82 Å². The van der Waals surface area contributed by atoms with Crippen LogP contribution in [-0.4, -0.2) is 31.9 Å². The van der Waals surface area contributed by atoms with Crippen LogP contribution < -0.4 is 5.73 Å². The fourth-order valence-electron chi connectivity index (χ4n) is 2.41. The van der Waals surface area contributed by atoms with Gasteiger partial charge in [-0.25, -0.2) is 12.8 Å². The Hall–Kier alpha value is -0.690. The van der Waals surface area contributed by atoms with Crippen molar-refractivity contribution in [3.05, 3.63) is 29.6 Å². The van der Waals surface area contributed by atoms with Crippen LogP contribution in [0.15, 0.2) is 23.1 Å². The lowest BCUT2D eigenvalue weighted by molar-refractivity contribution is 0.155. The number of piperidine rings is 1. The van der Waals surface area contributed by atoms with Crippen LogP contribution in [0, 0.1) is 18.2 Å². The molecule has 4 nitrogen and oxygen atoms in total. The van der Waals surface area contributed by atoms with Crippen LogP contribution in [0.1, 0.15) is 25.8 Å². The Morgan fingerprint density at radius 1 is 1.38 bits per heavy atom. The molecule has 1 aliphatic heterocycles. The van der Waals surface area contributed by atoms with E-state index in [2.05, 4.69) is 0 Å². The minimum atomic E-state index is -3.66. The standard InChI is InChI=1S/C14H21FN2O2S.ClH/c1-10-4-5-11(8-12(10)15)20(18,19)17-7-6-13(16)14(2,3)9-17;/h4-5,8,13H,6-7,9,16H2,1-3H3;1H. The van der Waals surface area contributed by atoms with E-state index in [1.54, 1.807) is 6.92 Å². The van der Waals surface area contributed by atoms with E-state index < -0.39 is 15.8 Å². The van der Waals surface area contributed by atoms with E-state index in [4.69, 9.17) is 5.73 Å². The highest BCUT2D eigenvalue weighted by Crippen LogP contribution is 2.31. The molecular formula is C14H22ClFN2O2S. The molecule has 0 amide bonds. The van der Waals surface area contributed by atoms with Crippen molar-refractivity contribution < 1.29 is 12.8 Å². The van der Waals surface area contributed by atoms with Gasteiger partial charge in [-0.1, -0.05) is 19.9 Å². The van der Waals surface area contributed by atoms with Crippen LogP contribution in [-0.2, 0) is 10.0 Å². The van der Waals surface area contributed by atoms with Crippen molar-refractivity contribution in [3.63, 3.8) is 0 Å². The Bertz CT molecular complexity index is 619. The molecule has 0 bridgehead atoms. The van der Waals surface area contributed by atoms with Gasteiger partial charge < -0.3 is 5.73 Å². The fraction of sp³-hybridized carbons (Fsp3) is 0.571. The Morgan fingerprint density at radius 3 is 2.52 bits per heavy atom. The zero-order chi connectivity index (χ0) is 15.1. The molecule has 21 heavy (non-hydrogen) atoms. The number of nitrogens with two attached hydrogens (primary N) is 1. The highest BCUT2D eigenvalue weighted by Gasteiger charge is 2.38. The number of rotatable bonds is 2. The summed E-state index contributed by atoms with van der Waals surface area (Å²) < 4.78 is 40.1. The summed E-state index contributed by atoms with van der Waals surface area (Å²) in [7, 11) is -3.66. The number of benzene rings is 1. The topological polar surface area (TPSA) is 63.4 Å². The molecule has 2 N–H and O–H groups in total. The maximum absolute atomic E-state index is 13.6. The number of hydrogen-bond acceptors (Lipinski definition) is 3. The van der Waals surface area contributed by atoms with Crippen LogP contribution in [0.5, 0.6) is 0 Å². The number of sulfonamides is 1. The first kappa shape index (κ1) is 18.4. The van der Waals surface area contributed by atoms with Crippen LogP contribution in [0.25, 0.3) is 0 Å². The third-order valence-corrected chi connectivity index (χ3v) is 5.90. The smallest absolute Gasteiger partial charge is 0.243 e. The summed E-state index contributed by atoms with van der Waals surface area (Å²) in [5.41, 5.74) is 6.17. The van der Waals surface area contributed by atoms with E-state index in [1.165, 1.54) is 16.4 Å². The Labute approximate surface area is 132 Å². The van der Waals surface area contributed by atoms with Crippen LogP contribution in [0.4, 0.5) is 4.39 Å². The van der Waals surface area contributed by atoms with E-state index in [1.807, 2.05) is 13.8 Å². The lowest BCUT2D eigenvalue weighted by Crippen LogP contribution is -2.53. The molecule has 1 aromatic carbocycles. The van der Waals surface area contributed by atoms with Crippen LogP contribution in [0.3, 0.4) is 0 Å². The predicted molar refractivity (Wildman–Crippen MR) is 83.5 cm³/mol. The van der Waals surface area contributed by atoms with Crippen molar-refractivity contribution in [3.8, 4) is 0 Å². The first-order chi connectivity index (χ1) is 9.14. The third-order valence-electron chi connectivity index (χ3n) is 4.06. The summed E-state index contributed by atoms with van der Waals surface area (Å²) in [5.74, 6) is -0.501. The van der Waals surface area contributed by atoms with E-state index in [9.17, 15) is 12.8 Å². The second kappa shape index (κ2) is 6.20. The first-order valence-electron chi connectivity index (χ1n) is 6.66. The third kappa shape index (κ3) is 3.56. The van der Waals surface area contributed by atoms with E-state index in [0.717, 1.165) is 6.07 Å². The van der Waals surface area contributed by atoms with Gasteiger partial charge in [0.25, 0.3) is 0 Å². The Kier molecular flexibility index (Phi) is 5.42. The minimum Gasteiger partial charge on any atom is -0.327 e. The lowest BCUT2D eigenvalue weighted by atomic mass is 9.81. The quantitative estimate of drug-likeness (QED) is 0.901. The van der Waals surface area contributed by atoms with Gasteiger partial charge in [0, 0.05) is 19.1 Å². The maximum Gasteiger partial charge on any atom is 0.243 e. The van der Waals surface area contributed by atoms with Gasteiger partial charge in [-0.15, -0.1) is 12.4 Å². The van der Waals surface area contributed by atoms with Gasteiger partial charge in [-0.05, 0) is 36.5 Å². The molecule has 1 saturated heterocycles. The minimum absolute atomic E-state index is 0. The zero-order valence-electron chi connectivity index (χ0n) is 12.5. The maximum atomic E-state index is 13.6. The number of aryl methyl sites for hydroxylation is 1. The van der Waals surface area contributed by atoms with Crippen molar-refractivity contribution in [2.45, 2.75) is 38.1 Å². The average Bonchev–Trinajstić information content (AvgIpc) is 2.35. The average molecular weight is 337 g/mol. The van der Waals surface area contributed by atoms with Crippen LogP contribution in [0.2, 0.25) is 0 Å². The van der Waals surface area contributed by atoms with Gasteiger partial charge in [-0.3, -0.25) is 0 Å². The van der Waals surface area contributed by atoms with Gasteiger partial charge in [0.2, 0.25) is 10.0 Å². The molecule has 0 spiro atoms. The second-order valence-corrected chi connectivity index (χ2v) is 8.07. The van der Waals surface area contributed by atoms with E-state index in [-0.39, 0.29) is 28.8 Å². The van der Waals surface area contributed by atoms with Crippen molar-refractivity contribution in [1.29, 1.82) is 0 Å². The highest BCUT2D eigenvalue weighted by molar-refractivity contribution is 7.89. The number of hydrogen-bond donors (Lipinski definition) is 1. The molecule has 1 fully saturated rings. The summed E-state index contributed by atoms with van der Waals surface area (Å²) in [4.78, 5) is 0.00636. The molecule has 0 radical (unpaired) electrons. The highest BCUT2D eigenvalue weighted by atomic mass is 35.5. The predicted octanol–water partition coefficient (Wildman–Crippen LogP) is 2.30. The van der Waals surface area contributed by atoms with Crippen LogP contribution >= 0.6 is 12.4 Å². The summed E-state index contributed by atoms with van der Waals surface area (Å²) in [6.07, 6.45) is 0.612. The molecule has 0 aliphatic carbocycles.